The van der Waals surface area contributed by atoms with Crippen LogP contribution in [0.1, 0.15) is 6.92 Å². The highest BCUT2D eigenvalue weighted by Gasteiger charge is 1.91. The van der Waals surface area contributed by atoms with Gasteiger partial charge in [-0.05, 0) is 36.4 Å². The van der Waals surface area contributed by atoms with E-state index in [0.29, 0.717) is 12.3 Å². The number of hydrogen-bond acceptors (Lipinski definition) is 4. The van der Waals surface area contributed by atoms with E-state index in [1.807, 2.05) is 6.92 Å². The average Bonchev–Trinajstić information content (AvgIpc) is 2.15. The van der Waals surface area contributed by atoms with Gasteiger partial charge in [0.1, 0.15) is 5.69 Å². The fraction of sp³-hybridized carbons (Fsp3) is 0.250. The molecule has 72 valence electrons. The zero-order chi connectivity index (χ0) is 8.81. The van der Waals surface area contributed by atoms with Gasteiger partial charge in [0, 0.05) is 0 Å². The van der Waals surface area contributed by atoms with E-state index in [4.69, 9.17) is 4.84 Å². The maximum atomic E-state index is 10.0. The van der Waals surface area contributed by atoms with Crippen LogP contribution in [0.5, 0.6) is 0 Å². The molecule has 0 aromatic heterocycles. The topological polar surface area (TPSA) is 50.7 Å². The number of nitroso groups, excluding NO2 is 1. The molecule has 0 unspecified atom stereocenters. The van der Waals surface area contributed by atoms with Crippen molar-refractivity contribution in [1.82, 2.24) is 0 Å². The molecular weight excluding hydrogens is 192 g/mol. The molecule has 0 spiro atoms. The van der Waals surface area contributed by atoms with Crippen LogP contribution in [0.15, 0.2) is 29.4 Å². The normalized spacial score (nSPS) is 8.69. The van der Waals surface area contributed by atoms with Crippen molar-refractivity contribution in [3.63, 3.8) is 0 Å². The van der Waals surface area contributed by atoms with E-state index in [2.05, 4.69) is 10.7 Å². The summed E-state index contributed by atoms with van der Waals surface area (Å²) in [6.07, 6.45) is 0. The number of rotatable bonds is 4. The molecule has 0 saturated carbocycles. The van der Waals surface area contributed by atoms with Crippen molar-refractivity contribution in [3.8, 4) is 0 Å². The largest absolute Gasteiger partial charge is 0.276 e. The first-order valence-corrected chi connectivity index (χ1v) is 3.68. The Labute approximate surface area is 82.6 Å². The van der Waals surface area contributed by atoms with Crippen LogP contribution in [0.3, 0.4) is 0 Å². The maximum absolute atomic E-state index is 10.0. The van der Waals surface area contributed by atoms with Crippen LogP contribution in [0.25, 0.3) is 0 Å². The smallest absolute Gasteiger partial charge is 0.108 e. The first-order valence-electron chi connectivity index (χ1n) is 3.68. The summed E-state index contributed by atoms with van der Waals surface area (Å²) in [6, 6.07) is 6.70. The first kappa shape index (κ1) is 11.9. The molecular formula is C8H11ClN2O2. The highest BCUT2D eigenvalue weighted by molar-refractivity contribution is 5.85. The molecule has 1 N–H and O–H groups in total. The first-order chi connectivity index (χ1) is 5.86. The quantitative estimate of drug-likeness (QED) is 0.603. The molecule has 4 nitrogen and oxygen atoms in total. The SMILES string of the molecule is CCONc1ccc(N=O)cc1.Cl. The number of nitrogens with zero attached hydrogens (tertiary/aromatic N) is 1. The summed E-state index contributed by atoms with van der Waals surface area (Å²) in [5.74, 6) is 0. The van der Waals surface area contributed by atoms with Gasteiger partial charge in [-0.2, -0.15) is 0 Å². The standard InChI is InChI=1S/C8H10N2O2.ClH/c1-2-12-10-8-5-3-7(9-11)4-6-8;/h3-6,10H,2H2,1H3;1H. The fourth-order valence-electron chi connectivity index (χ4n) is 0.746. The molecule has 5 heteroatoms. The molecule has 1 aromatic rings. The molecule has 0 fully saturated rings. The maximum Gasteiger partial charge on any atom is 0.108 e. The van der Waals surface area contributed by atoms with Gasteiger partial charge in [0.2, 0.25) is 0 Å². The number of halogens is 1. The zero-order valence-electron chi connectivity index (χ0n) is 7.19. The highest BCUT2D eigenvalue weighted by atomic mass is 35.5. The van der Waals surface area contributed by atoms with Gasteiger partial charge >= 0.3 is 0 Å². The lowest BCUT2D eigenvalue weighted by Crippen LogP contribution is -1.99. The minimum atomic E-state index is 0. The molecule has 0 aliphatic rings. The second kappa shape index (κ2) is 6.39. The third-order valence-electron chi connectivity index (χ3n) is 1.31. The summed E-state index contributed by atoms with van der Waals surface area (Å²) in [4.78, 5) is 15.0. The molecule has 0 aliphatic heterocycles. The third kappa shape index (κ3) is 3.87. The monoisotopic (exact) mass is 202 g/mol. The van der Waals surface area contributed by atoms with Crippen molar-refractivity contribution in [2.45, 2.75) is 6.92 Å². The van der Waals surface area contributed by atoms with Gasteiger partial charge in [0.15, 0.2) is 0 Å². The van der Waals surface area contributed by atoms with Crippen LogP contribution < -0.4 is 5.48 Å². The van der Waals surface area contributed by atoms with Crippen LogP contribution >= 0.6 is 12.4 Å². The second-order valence-electron chi connectivity index (χ2n) is 2.17. The van der Waals surface area contributed by atoms with Crippen molar-refractivity contribution in [2.24, 2.45) is 5.18 Å². The number of benzene rings is 1. The van der Waals surface area contributed by atoms with Crippen LogP contribution in [-0.4, -0.2) is 6.61 Å². The van der Waals surface area contributed by atoms with Gasteiger partial charge in [0.25, 0.3) is 0 Å². The van der Waals surface area contributed by atoms with E-state index < -0.39 is 0 Å². The molecule has 0 heterocycles. The second-order valence-corrected chi connectivity index (χ2v) is 2.17. The summed E-state index contributed by atoms with van der Waals surface area (Å²) in [5, 5.41) is 2.77. The Bertz CT molecular complexity index is 251. The van der Waals surface area contributed by atoms with Crippen molar-refractivity contribution in [3.05, 3.63) is 29.2 Å². The zero-order valence-corrected chi connectivity index (χ0v) is 8.00. The fourth-order valence-corrected chi connectivity index (χ4v) is 0.746. The Morgan fingerprint density at radius 1 is 1.38 bits per heavy atom. The Balaban J connectivity index is 0.00000144. The summed E-state index contributed by atoms with van der Waals surface area (Å²) < 4.78 is 0. The van der Waals surface area contributed by atoms with Crippen LogP contribution in [-0.2, 0) is 4.84 Å². The van der Waals surface area contributed by atoms with Crippen LogP contribution in [0, 0.1) is 4.91 Å². The number of anilines is 1. The Kier molecular flexibility index (Phi) is 5.84. The molecule has 0 atom stereocenters. The van der Waals surface area contributed by atoms with E-state index in [0.717, 1.165) is 5.69 Å². The predicted molar refractivity (Wildman–Crippen MR) is 54.4 cm³/mol. The summed E-state index contributed by atoms with van der Waals surface area (Å²) in [6.45, 7) is 2.47. The van der Waals surface area contributed by atoms with E-state index >= 15 is 0 Å². The molecule has 0 bridgehead atoms. The number of nitrogens with one attached hydrogen (secondary N) is 1. The Hall–Kier alpha value is -1.13. The van der Waals surface area contributed by atoms with Gasteiger partial charge in [-0.1, -0.05) is 0 Å². The van der Waals surface area contributed by atoms with Crippen LogP contribution in [0.4, 0.5) is 11.4 Å². The molecule has 0 radical (unpaired) electrons. The lowest BCUT2D eigenvalue weighted by Gasteiger charge is -2.03. The van der Waals surface area contributed by atoms with Crippen molar-refractivity contribution in [2.75, 3.05) is 12.1 Å². The van der Waals surface area contributed by atoms with E-state index in [-0.39, 0.29) is 12.4 Å². The summed E-state index contributed by atoms with van der Waals surface area (Å²) >= 11 is 0. The molecule has 0 saturated heterocycles. The minimum Gasteiger partial charge on any atom is -0.276 e. The molecule has 0 amide bonds. The summed E-state index contributed by atoms with van der Waals surface area (Å²) in [7, 11) is 0. The molecule has 1 aromatic carbocycles. The van der Waals surface area contributed by atoms with E-state index in [9.17, 15) is 4.91 Å². The van der Waals surface area contributed by atoms with Crippen molar-refractivity contribution in [1.29, 1.82) is 0 Å². The minimum absolute atomic E-state index is 0. The summed E-state index contributed by atoms with van der Waals surface area (Å²) in [5.41, 5.74) is 3.93. The highest BCUT2D eigenvalue weighted by Crippen LogP contribution is 2.15. The molecule has 0 aliphatic carbocycles. The number of hydrogen-bond donors (Lipinski definition) is 1. The van der Waals surface area contributed by atoms with Gasteiger partial charge in [-0.25, -0.2) is 0 Å². The van der Waals surface area contributed by atoms with Crippen molar-refractivity contribution < 1.29 is 4.84 Å². The van der Waals surface area contributed by atoms with E-state index in [1.54, 1.807) is 24.3 Å². The van der Waals surface area contributed by atoms with E-state index in [1.165, 1.54) is 0 Å². The molecule has 1 rings (SSSR count). The van der Waals surface area contributed by atoms with Gasteiger partial charge in [-0.3, -0.25) is 10.3 Å². The lowest BCUT2D eigenvalue weighted by atomic mass is 10.3. The Morgan fingerprint density at radius 2 is 2.00 bits per heavy atom. The van der Waals surface area contributed by atoms with Gasteiger partial charge < -0.3 is 0 Å². The molecule has 13 heavy (non-hydrogen) atoms. The van der Waals surface area contributed by atoms with Crippen LogP contribution in [0.2, 0.25) is 0 Å². The lowest BCUT2D eigenvalue weighted by molar-refractivity contribution is 0.210. The Morgan fingerprint density at radius 3 is 2.46 bits per heavy atom. The third-order valence-corrected chi connectivity index (χ3v) is 1.31. The van der Waals surface area contributed by atoms with Gasteiger partial charge in [0.05, 0.1) is 12.3 Å². The van der Waals surface area contributed by atoms with Crippen molar-refractivity contribution >= 4 is 23.8 Å². The predicted octanol–water partition coefficient (Wildman–Crippen LogP) is 2.87. The van der Waals surface area contributed by atoms with Gasteiger partial charge in [-0.15, -0.1) is 17.3 Å². The average molecular weight is 203 g/mol.